The van der Waals surface area contributed by atoms with Crippen LogP contribution < -0.4 is 10.0 Å². The molecular formula is C20H28N4O2S. The van der Waals surface area contributed by atoms with Crippen LogP contribution in [0.2, 0.25) is 0 Å². The fraction of sp³-hybridized carbons (Fsp3) is 0.350. The first-order valence-electron chi connectivity index (χ1n) is 9.00. The van der Waals surface area contributed by atoms with Crippen LogP contribution in [0.15, 0.2) is 64.5 Å². The molecule has 2 N–H and O–H groups in total. The van der Waals surface area contributed by atoms with Crippen LogP contribution in [0, 0.1) is 0 Å². The van der Waals surface area contributed by atoms with Crippen LogP contribution in [-0.2, 0) is 23.0 Å². The van der Waals surface area contributed by atoms with Crippen molar-refractivity contribution in [2.45, 2.75) is 24.8 Å². The fourth-order valence-electron chi connectivity index (χ4n) is 2.66. The van der Waals surface area contributed by atoms with Crippen molar-refractivity contribution in [3.8, 4) is 0 Å². The second-order valence-electron chi connectivity index (χ2n) is 6.21. The Balaban J connectivity index is 1.82. The van der Waals surface area contributed by atoms with Crippen molar-refractivity contribution in [2.75, 3.05) is 27.2 Å². The summed E-state index contributed by atoms with van der Waals surface area (Å²) in [5, 5.41) is 3.19. The number of sulfonamides is 1. The molecule has 7 heteroatoms. The van der Waals surface area contributed by atoms with Crippen LogP contribution in [-0.4, -0.2) is 46.5 Å². The average molecular weight is 389 g/mol. The molecule has 0 unspecified atom stereocenters. The molecule has 0 fully saturated rings. The molecule has 0 amide bonds. The Morgan fingerprint density at radius 1 is 1.00 bits per heavy atom. The summed E-state index contributed by atoms with van der Waals surface area (Å²) in [5.41, 5.74) is 2.51. The van der Waals surface area contributed by atoms with Crippen LogP contribution in [0.25, 0.3) is 0 Å². The summed E-state index contributed by atoms with van der Waals surface area (Å²) in [5.74, 6) is 0.716. The highest BCUT2D eigenvalue weighted by atomic mass is 32.2. The first-order valence-corrected chi connectivity index (χ1v) is 10.5. The van der Waals surface area contributed by atoms with Gasteiger partial charge < -0.3 is 10.2 Å². The largest absolute Gasteiger partial charge is 0.355 e. The van der Waals surface area contributed by atoms with Gasteiger partial charge in [0.2, 0.25) is 10.0 Å². The number of nitrogens with one attached hydrogen (secondary N) is 2. The molecule has 0 radical (unpaired) electrons. The molecule has 2 aromatic rings. The van der Waals surface area contributed by atoms with Gasteiger partial charge in [0.1, 0.15) is 0 Å². The van der Waals surface area contributed by atoms with E-state index in [1.165, 1.54) is 11.1 Å². The van der Waals surface area contributed by atoms with Gasteiger partial charge in [-0.25, -0.2) is 13.1 Å². The molecule has 0 aliphatic rings. The van der Waals surface area contributed by atoms with Gasteiger partial charge in [-0.1, -0.05) is 49.4 Å². The molecule has 0 aliphatic heterocycles. The SMILES string of the molecule is CCc1ccc(CN(C)C(=NC)NCCNS(=O)(=O)c2ccccc2)cc1. The third-order valence-electron chi connectivity index (χ3n) is 4.18. The van der Waals surface area contributed by atoms with Crippen LogP contribution in [0.1, 0.15) is 18.1 Å². The minimum Gasteiger partial charge on any atom is -0.355 e. The maximum Gasteiger partial charge on any atom is 0.240 e. The van der Waals surface area contributed by atoms with E-state index in [1.807, 2.05) is 11.9 Å². The van der Waals surface area contributed by atoms with Crippen LogP contribution >= 0.6 is 0 Å². The number of aliphatic imine (C=N–C) groups is 1. The Morgan fingerprint density at radius 2 is 1.63 bits per heavy atom. The first kappa shape index (κ1) is 20.9. The molecule has 0 saturated carbocycles. The summed E-state index contributed by atoms with van der Waals surface area (Å²) in [6, 6.07) is 16.9. The minimum atomic E-state index is -3.48. The van der Waals surface area contributed by atoms with Gasteiger partial charge in [-0.2, -0.15) is 0 Å². The third kappa shape index (κ3) is 6.37. The smallest absolute Gasteiger partial charge is 0.240 e. The number of hydrogen-bond donors (Lipinski definition) is 2. The highest BCUT2D eigenvalue weighted by Crippen LogP contribution is 2.08. The maximum absolute atomic E-state index is 12.2. The van der Waals surface area contributed by atoms with Gasteiger partial charge >= 0.3 is 0 Å². The third-order valence-corrected chi connectivity index (χ3v) is 5.65. The minimum absolute atomic E-state index is 0.266. The maximum atomic E-state index is 12.2. The van der Waals surface area contributed by atoms with Gasteiger partial charge in [0, 0.05) is 33.7 Å². The van der Waals surface area contributed by atoms with Crippen molar-refractivity contribution < 1.29 is 8.42 Å². The van der Waals surface area contributed by atoms with Crippen molar-refractivity contribution in [3.63, 3.8) is 0 Å². The lowest BCUT2D eigenvalue weighted by molar-refractivity contribution is 0.477. The number of hydrogen-bond acceptors (Lipinski definition) is 3. The Bertz CT molecular complexity index is 834. The van der Waals surface area contributed by atoms with E-state index in [4.69, 9.17) is 0 Å². The highest BCUT2D eigenvalue weighted by molar-refractivity contribution is 7.89. The van der Waals surface area contributed by atoms with Gasteiger partial charge in [-0.05, 0) is 29.7 Å². The van der Waals surface area contributed by atoms with Crippen LogP contribution in [0.4, 0.5) is 0 Å². The van der Waals surface area contributed by atoms with Crippen molar-refractivity contribution >= 4 is 16.0 Å². The summed E-state index contributed by atoms with van der Waals surface area (Å²) >= 11 is 0. The molecule has 2 rings (SSSR count). The van der Waals surface area contributed by atoms with Crippen LogP contribution in [0.3, 0.4) is 0 Å². The summed E-state index contributed by atoms with van der Waals surface area (Å²) in [6.45, 7) is 3.57. The molecule has 0 atom stereocenters. The fourth-order valence-corrected chi connectivity index (χ4v) is 3.71. The zero-order valence-electron chi connectivity index (χ0n) is 16.1. The first-order chi connectivity index (χ1) is 13.0. The molecule has 0 heterocycles. The zero-order chi connectivity index (χ0) is 19.7. The molecule has 0 bridgehead atoms. The normalized spacial score (nSPS) is 12.0. The molecule has 2 aromatic carbocycles. The standard InChI is InChI=1S/C20H28N4O2S/c1-4-17-10-12-18(13-11-17)16-24(3)20(21-2)22-14-15-23-27(25,26)19-8-6-5-7-9-19/h5-13,23H,4,14-16H2,1-3H3,(H,21,22). The van der Waals surface area contributed by atoms with Crippen molar-refractivity contribution in [1.29, 1.82) is 0 Å². The van der Waals surface area contributed by atoms with Gasteiger partial charge in [0.05, 0.1) is 4.90 Å². The van der Waals surface area contributed by atoms with Crippen molar-refractivity contribution in [1.82, 2.24) is 14.9 Å². The quantitative estimate of drug-likeness (QED) is 0.413. The van der Waals surface area contributed by atoms with E-state index >= 15 is 0 Å². The number of rotatable bonds is 8. The van der Waals surface area contributed by atoms with Gasteiger partial charge in [-0.3, -0.25) is 4.99 Å². The number of nitrogens with zero attached hydrogens (tertiary/aromatic N) is 2. The average Bonchev–Trinajstić information content (AvgIpc) is 2.69. The Kier molecular flexibility index (Phi) is 7.82. The van der Waals surface area contributed by atoms with E-state index in [0.29, 0.717) is 12.5 Å². The molecular weight excluding hydrogens is 360 g/mol. The Hall–Kier alpha value is -2.38. The monoisotopic (exact) mass is 388 g/mol. The zero-order valence-corrected chi connectivity index (χ0v) is 17.0. The molecule has 6 nitrogen and oxygen atoms in total. The second kappa shape index (κ2) is 10.1. The van der Waals surface area contributed by atoms with E-state index in [9.17, 15) is 8.42 Å². The van der Waals surface area contributed by atoms with Crippen molar-refractivity contribution in [3.05, 3.63) is 65.7 Å². The molecule has 0 spiro atoms. The number of benzene rings is 2. The molecule has 0 aliphatic carbocycles. The summed E-state index contributed by atoms with van der Waals surface area (Å²) < 4.78 is 27.0. The lowest BCUT2D eigenvalue weighted by atomic mass is 10.1. The number of guanidine groups is 1. The molecule has 0 aromatic heterocycles. The van der Waals surface area contributed by atoms with Gasteiger partial charge in [-0.15, -0.1) is 0 Å². The lowest BCUT2D eigenvalue weighted by Gasteiger charge is -2.22. The second-order valence-corrected chi connectivity index (χ2v) is 7.98. The van der Waals surface area contributed by atoms with Gasteiger partial charge in [0.25, 0.3) is 0 Å². The summed E-state index contributed by atoms with van der Waals surface area (Å²) in [6.07, 6.45) is 1.03. The van der Waals surface area contributed by atoms with E-state index < -0.39 is 10.0 Å². The summed E-state index contributed by atoms with van der Waals surface area (Å²) in [7, 11) is 0.187. The predicted molar refractivity (Wildman–Crippen MR) is 110 cm³/mol. The Labute approximate surface area is 162 Å². The topological polar surface area (TPSA) is 73.8 Å². The van der Waals surface area contributed by atoms with Gasteiger partial charge in [0.15, 0.2) is 5.96 Å². The lowest BCUT2D eigenvalue weighted by Crippen LogP contribution is -2.42. The van der Waals surface area contributed by atoms with Crippen molar-refractivity contribution in [2.24, 2.45) is 4.99 Å². The molecule has 27 heavy (non-hydrogen) atoms. The predicted octanol–water partition coefficient (Wildman–Crippen LogP) is 2.23. The van der Waals surface area contributed by atoms with E-state index in [0.717, 1.165) is 13.0 Å². The summed E-state index contributed by atoms with van der Waals surface area (Å²) in [4.78, 5) is 6.54. The molecule has 146 valence electrons. The van der Waals surface area contributed by atoms with Crippen LogP contribution in [0.5, 0.6) is 0 Å². The van der Waals surface area contributed by atoms with E-state index in [2.05, 4.69) is 46.2 Å². The number of aryl methyl sites for hydroxylation is 1. The van der Waals surface area contributed by atoms with E-state index in [-0.39, 0.29) is 11.4 Å². The van der Waals surface area contributed by atoms with E-state index in [1.54, 1.807) is 37.4 Å². The Morgan fingerprint density at radius 3 is 2.22 bits per heavy atom. The molecule has 0 saturated heterocycles. The highest BCUT2D eigenvalue weighted by Gasteiger charge is 2.12.